The van der Waals surface area contributed by atoms with Crippen LogP contribution in [0.15, 0.2) is 41.0 Å². The summed E-state index contributed by atoms with van der Waals surface area (Å²) in [4.78, 5) is 36.1. The first-order chi connectivity index (χ1) is 12.0. The molecule has 1 aromatic heterocycles. The number of halogens is 1. The molecule has 130 valence electrons. The zero-order valence-corrected chi connectivity index (χ0v) is 13.0. The number of hydrogen-bond acceptors (Lipinski definition) is 5. The van der Waals surface area contributed by atoms with Crippen molar-refractivity contribution in [3.63, 3.8) is 0 Å². The van der Waals surface area contributed by atoms with Crippen LogP contribution in [0.3, 0.4) is 0 Å². The Morgan fingerprint density at radius 3 is 2.84 bits per heavy atom. The average molecular weight is 347 g/mol. The Kier molecular flexibility index (Phi) is 4.46. The lowest BCUT2D eigenvalue weighted by Gasteiger charge is -2.23. The normalized spacial score (nSPS) is 16.7. The molecule has 3 rings (SSSR count). The Labute approximate surface area is 141 Å². The van der Waals surface area contributed by atoms with Crippen LogP contribution >= 0.6 is 0 Å². The van der Waals surface area contributed by atoms with E-state index in [1.807, 2.05) is 0 Å². The Morgan fingerprint density at radius 2 is 2.16 bits per heavy atom. The fraction of sp³-hybridized carbons (Fsp3) is 0.250. The minimum Gasteiger partial charge on any atom is -0.459 e. The minimum atomic E-state index is -0.988. The SMILES string of the molecule is O=C(Nc1ccc(F)c([N+](=O)[O-])c1)C1CCCN1C(=O)c1ccco1. The molecule has 2 heterocycles. The van der Waals surface area contributed by atoms with Gasteiger partial charge in [0.05, 0.1) is 11.2 Å². The maximum atomic E-state index is 13.4. The summed E-state index contributed by atoms with van der Waals surface area (Å²) < 4.78 is 18.4. The average Bonchev–Trinajstić information content (AvgIpc) is 3.27. The van der Waals surface area contributed by atoms with Crippen molar-refractivity contribution in [2.24, 2.45) is 0 Å². The van der Waals surface area contributed by atoms with Crippen molar-refractivity contribution in [1.29, 1.82) is 0 Å². The number of hydrogen-bond donors (Lipinski definition) is 1. The van der Waals surface area contributed by atoms with E-state index >= 15 is 0 Å². The molecule has 25 heavy (non-hydrogen) atoms. The van der Waals surface area contributed by atoms with Gasteiger partial charge in [-0.25, -0.2) is 0 Å². The molecular weight excluding hydrogens is 333 g/mol. The number of anilines is 1. The zero-order valence-electron chi connectivity index (χ0n) is 13.0. The van der Waals surface area contributed by atoms with Crippen molar-refractivity contribution < 1.29 is 23.3 Å². The number of furan rings is 1. The number of amides is 2. The molecule has 0 bridgehead atoms. The minimum absolute atomic E-state index is 0.0930. The monoisotopic (exact) mass is 347 g/mol. The van der Waals surface area contributed by atoms with Crippen molar-refractivity contribution in [2.75, 3.05) is 11.9 Å². The molecule has 2 aromatic rings. The van der Waals surface area contributed by atoms with Crippen LogP contribution in [-0.2, 0) is 4.79 Å². The van der Waals surface area contributed by atoms with E-state index in [9.17, 15) is 24.1 Å². The first-order valence-electron chi connectivity index (χ1n) is 7.56. The maximum absolute atomic E-state index is 13.4. The molecule has 0 radical (unpaired) electrons. The molecule has 9 heteroatoms. The van der Waals surface area contributed by atoms with Gasteiger partial charge in [-0.3, -0.25) is 19.7 Å². The van der Waals surface area contributed by atoms with E-state index in [-0.39, 0.29) is 11.4 Å². The summed E-state index contributed by atoms with van der Waals surface area (Å²) in [6.45, 7) is 0.404. The number of benzene rings is 1. The molecule has 8 nitrogen and oxygen atoms in total. The fourth-order valence-corrected chi connectivity index (χ4v) is 2.78. The molecule has 1 unspecified atom stereocenters. The van der Waals surface area contributed by atoms with Crippen LogP contribution in [-0.4, -0.2) is 34.2 Å². The predicted molar refractivity (Wildman–Crippen MR) is 84.5 cm³/mol. The second kappa shape index (κ2) is 6.71. The summed E-state index contributed by atoms with van der Waals surface area (Å²) in [5, 5.41) is 13.3. The van der Waals surface area contributed by atoms with Gasteiger partial charge in [0.1, 0.15) is 6.04 Å². The molecular formula is C16H14FN3O5. The molecule has 2 amide bonds. The predicted octanol–water partition coefficient (Wildman–Crippen LogP) is 2.57. The molecule has 1 aliphatic rings. The van der Waals surface area contributed by atoms with E-state index in [2.05, 4.69) is 5.32 Å². The molecule has 0 aliphatic carbocycles. The van der Waals surface area contributed by atoms with Gasteiger partial charge >= 0.3 is 5.69 Å². The topological polar surface area (TPSA) is 106 Å². The summed E-state index contributed by atoms with van der Waals surface area (Å²) in [7, 11) is 0. The molecule has 1 N–H and O–H groups in total. The first-order valence-corrected chi connectivity index (χ1v) is 7.56. The number of nitro groups is 1. The Bertz CT molecular complexity index is 821. The van der Waals surface area contributed by atoms with E-state index in [1.54, 1.807) is 6.07 Å². The Hall–Kier alpha value is -3.23. The smallest absolute Gasteiger partial charge is 0.306 e. The van der Waals surface area contributed by atoms with Gasteiger partial charge in [-0.05, 0) is 37.1 Å². The first kappa shape index (κ1) is 16.6. The standard InChI is InChI=1S/C16H14FN3O5/c17-11-6-5-10(9-13(11)20(23)24)18-15(21)12-3-1-7-19(12)16(22)14-4-2-8-25-14/h2,4-6,8-9,12H,1,3,7H2,(H,18,21). The van der Waals surface area contributed by atoms with Gasteiger partial charge in [-0.15, -0.1) is 0 Å². The molecule has 1 aliphatic heterocycles. The zero-order chi connectivity index (χ0) is 18.0. The highest BCUT2D eigenvalue weighted by Gasteiger charge is 2.35. The third kappa shape index (κ3) is 3.35. The van der Waals surface area contributed by atoms with Crippen LogP contribution in [0.1, 0.15) is 23.4 Å². The third-order valence-corrected chi connectivity index (χ3v) is 3.96. The van der Waals surface area contributed by atoms with E-state index in [0.29, 0.717) is 19.4 Å². The van der Waals surface area contributed by atoms with Crippen molar-refractivity contribution in [3.05, 3.63) is 58.3 Å². The summed E-state index contributed by atoms with van der Waals surface area (Å²) in [6.07, 6.45) is 2.48. The van der Waals surface area contributed by atoms with Gasteiger partial charge in [0.15, 0.2) is 5.76 Å². The highest BCUT2D eigenvalue weighted by atomic mass is 19.1. The van der Waals surface area contributed by atoms with Gasteiger partial charge in [0.2, 0.25) is 11.7 Å². The van der Waals surface area contributed by atoms with Gasteiger partial charge in [0, 0.05) is 18.3 Å². The van der Waals surface area contributed by atoms with Crippen LogP contribution in [0.2, 0.25) is 0 Å². The number of rotatable bonds is 4. The molecule has 0 spiro atoms. The Morgan fingerprint density at radius 1 is 1.36 bits per heavy atom. The fourth-order valence-electron chi connectivity index (χ4n) is 2.78. The van der Waals surface area contributed by atoms with Gasteiger partial charge in [-0.1, -0.05) is 0 Å². The highest BCUT2D eigenvalue weighted by Crippen LogP contribution is 2.24. The second-order valence-electron chi connectivity index (χ2n) is 5.55. The lowest BCUT2D eigenvalue weighted by molar-refractivity contribution is -0.387. The number of nitrogens with zero attached hydrogens (tertiary/aromatic N) is 2. The lowest BCUT2D eigenvalue weighted by Crippen LogP contribution is -2.43. The van der Waals surface area contributed by atoms with Gasteiger partial charge < -0.3 is 14.6 Å². The molecule has 1 saturated heterocycles. The van der Waals surface area contributed by atoms with Crippen molar-refractivity contribution in [1.82, 2.24) is 4.90 Å². The van der Waals surface area contributed by atoms with Crippen LogP contribution in [0, 0.1) is 15.9 Å². The van der Waals surface area contributed by atoms with Gasteiger partial charge in [0.25, 0.3) is 5.91 Å². The quantitative estimate of drug-likeness (QED) is 0.676. The van der Waals surface area contributed by atoms with E-state index in [0.717, 1.165) is 12.1 Å². The van der Waals surface area contributed by atoms with Crippen molar-refractivity contribution in [2.45, 2.75) is 18.9 Å². The summed E-state index contributed by atoms with van der Waals surface area (Å²) >= 11 is 0. The molecule has 0 saturated carbocycles. The van der Waals surface area contributed by atoms with Crippen LogP contribution in [0.25, 0.3) is 0 Å². The molecule has 1 aromatic carbocycles. The van der Waals surface area contributed by atoms with Crippen LogP contribution in [0.4, 0.5) is 15.8 Å². The largest absolute Gasteiger partial charge is 0.459 e. The van der Waals surface area contributed by atoms with Crippen molar-refractivity contribution in [3.8, 4) is 0 Å². The number of carbonyl (C=O) groups is 2. The summed E-state index contributed by atoms with van der Waals surface area (Å²) in [6, 6.07) is 5.46. The third-order valence-electron chi connectivity index (χ3n) is 3.96. The number of nitrogens with one attached hydrogen (secondary N) is 1. The van der Waals surface area contributed by atoms with Gasteiger partial charge in [-0.2, -0.15) is 4.39 Å². The number of likely N-dealkylation sites (tertiary alicyclic amines) is 1. The second-order valence-corrected chi connectivity index (χ2v) is 5.55. The van der Waals surface area contributed by atoms with Crippen LogP contribution in [0.5, 0.6) is 0 Å². The summed E-state index contributed by atoms with van der Waals surface area (Å²) in [5.41, 5.74) is -0.636. The number of nitro benzene ring substituents is 1. The van der Waals surface area contributed by atoms with Crippen LogP contribution < -0.4 is 5.32 Å². The highest BCUT2D eigenvalue weighted by molar-refractivity contribution is 6.00. The molecule has 1 fully saturated rings. The van der Waals surface area contributed by atoms with Crippen molar-refractivity contribution >= 4 is 23.2 Å². The van der Waals surface area contributed by atoms with E-state index in [1.165, 1.54) is 23.3 Å². The van der Waals surface area contributed by atoms with E-state index in [4.69, 9.17) is 4.42 Å². The summed E-state index contributed by atoms with van der Waals surface area (Å²) in [5.74, 6) is -1.73. The number of carbonyl (C=O) groups excluding carboxylic acids is 2. The Balaban J connectivity index is 1.75. The maximum Gasteiger partial charge on any atom is 0.306 e. The van der Waals surface area contributed by atoms with E-state index < -0.39 is 34.3 Å². The molecule has 1 atom stereocenters. The lowest BCUT2D eigenvalue weighted by atomic mass is 10.2.